The molecule has 0 aliphatic carbocycles. The lowest BCUT2D eigenvalue weighted by molar-refractivity contribution is -0.116. The fraction of sp³-hybridized carbons (Fsp3) is 0.579. The number of carbonyl (C=O) groups excluding carboxylic acids is 1. The zero-order valence-corrected chi connectivity index (χ0v) is 19.9. The Morgan fingerprint density at radius 1 is 1.25 bits per heavy atom. The summed E-state index contributed by atoms with van der Waals surface area (Å²) in [6.07, 6.45) is 2.79. The predicted octanol–water partition coefficient (Wildman–Crippen LogP) is 2.85. The molecule has 2 heterocycles. The molecule has 0 spiro atoms. The molecule has 0 bridgehead atoms. The van der Waals surface area contributed by atoms with Crippen LogP contribution in [-0.4, -0.2) is 68.9 Å². The highest BCUT2D eigenvalue weighted by atomic mass is 127. The molecular weight excluding hydrogens is 539 g/mol. The molecule has 2 atom stereocenters. The topological polar surface area (TPSA) is 75.2 Å². The Balaban J connectivity index is 0.00000280. The number of nitrogens with zero attached hydrogens (tertiary/aromatic N) is 2. The summed E-state index contributed by atoms with van der Waals surface area (Å²) in [6, 6.07) is 7.54. The van der Waals surface area contributed by atoms with Crippen molar-refractivity contribution >= 4 is 57.5 Å². The molecule has 1 aromatic rings. The van der Waals surface area contributed by atoms with Crippen LogP contribution in [0.4, 0.5) is 5.69 Å². The van der Waals surface area contributed by atoms with E-state index in [1.165, 1.54) is 0 Å². The van der Waals surface area contributed by atoms with Crippen molar-refractivity contribution in [1.29, 1.82) is 0 Å². The summed E-state index contributed by atoms with van der Waals surface area (Å²) >= 11 is 3.38. The van der Waals surface area contributed by atoms with Gasteiger partial charge < -0.3 is 25.0 Å². The number of hydrogen-bond acceptors (Lipinski definition) is 4. The average Bonchev–Trinajstić information content (AvgIpc) is 3.22. The number of anilines is 1. The second-order valence-corrected chi connectivity index (χ2v) is 7.60. The van der Waals surface area contributed by atoms with E-state index in [-0.39, 0.29) is 42.1 Å². The number of rotatable bonds is 5. The van der Waals surface area contributed by atoms with Crippen LogP contribution in [0.5, 0.6) is 0 Å². The lowest BCUT2D eigenvalue weighted by atomic mass is 10.1. The summed E-state index contributed by atoms with van der Waals surface area (Å²) < 4.78 is 12.6. The van der Waals surface area contributed by atoms with E-state index in [0.717, 1.165) is 48.7 Å². The molecule has 2 aliphatic rings. The maximum Gasteiger partial charge on any atom is 0.226 e. The average molecular weight is 567 g/mol. The predicted molar refractivity (Wildman–Crippen MR) is 124 cm³/mol. The number of amides is 1. The van der Waals surface area contributed by atoms with Crippen LogP contribution in [0.25, 0.3) is 0 Å². The molecule has 2 fully saturated rings. The summed E-state index contributed by atoms with van der Waals surface area (Å²) in [5.41, 5.74) is 0.792. The molecule has 2 N–H and O–H groups in total. The number of halogens is 2. The maximum atomic E-state index is 12.1. The van der Waals surface area contributed by atoms with E-state index in [9.17, 15) is 4.79 Å². The molecule has 1 aromatic carbocycles. The van der Waals surface area contributed by atoms with Crippen LogP contribution in [0.3, 0.4) is 0 Å². The van der Waals surface area contributed by atoms with Gasteiger partial charge in [-0.15, -0.1) is 24.0 Å². The van der Waals surface area contributed by atoms with Crippen LogP contribution in [0, 0.1) is 0 Å². The monoisotopic (exact) mass is 566 g/mol. The number of ether oxygens (including phenoxy) is 2. The van der Waals surface area contributed by atoms with Gasteiger partial charge in [-0.05, 0) is 37.1 Å². The quantitative estimate of drug-likeness (QED) is 0.326. The normalized spacial score (nSPS) is 22.5. The fourth-order valence-corrected chi connectivity index (χ4v) is 3.63. The molecule has 2 saturated heterocycles. The van der Waals surface area contributed by atoms with Gasteiger partial charge in [0, 0.05) is 49.9 Å². The standard InChI is InChI=1S/C19H27BrN4O3.HI/c1-21-19(24-10-12-27-17(13-24)16-3-2-11-26-16)22-9-8-18(25)23-15-6-4-14(20)5-7-15;/h4-7,16-17H,2-3,8-13H2,1H3,(H,21,22)(H,23,25);1H. The maximum absolute atomic E-state index is 12.1. The van der Waals surface area contributed by atoms with Gasteiger partial charge in [0.15, 0.2) is 5.96 Å². The van der Waals surface area contributed by atoms with Crippen molar-refractivity contribution < 1.29 is 14.3 Å². The third-order valence-corrected chi connectivity index (χ3v) is 5.28. The molecule has 2 aliphatic heterocycles. The van der Waals surface area contributed by atoms with Crippen LogP contribution in [-0.2, 0) is 14.3 Å². The van der Waals surface area contributed by atoms with Crippen molar-refractivity contribution in [2.75, 3.05) is 45.2 Å². The van der Waals surface area contributed by atoms with E-state index >= 15 is 0 Å². The number of nitrogens with one attached hydrogen (secondary N) is 2. The second kappa shape index (κ2) is 11.9. The van der Waals surface area contributed by atoms with Gasteiger partial charge in [-0.3, -0.25) is 9.79 Å². The fourth-order valence-electron chi connectivity index (χ4n) is 3.37. The van der Waals surface area contributed by atoms with Gasteiger partial charge in [-0.1, -0.05) is 15.9 Å². The number of guanidine groups is 1. The molecule has 9 heteroatoms. The van der Waals surface area contributed by atoms with Crippen molar-refractivity contribution in [2.45, 2.75) is 31.5 Å². The van der Waals surface area contributed by atoms with Crippen molar-refractivity contribution in [2.24, 2.45) is 4.99 Å². The first-order valence-corrected chi connectivity index (χ1v) is 10.2. The van der Waals surface area contributed by atoms with Crippen molar-refractivity contribution in [3.05, 3.63) is 28.7 Å². The van der Waals surface area contributed by atoms with Gasteiger partial charge >= 0.3 is 0 Å². The molecule has 0 radical (unpaired) electrons. The largest absolute Gasteiger partial charge is 0.375 e. The summed E-state index contributed by atoms with van der Waals surface area (Å²) in [4.78, 5) is 18.7. The zero-order valence-electron chi connectivity index (χ0n) is 16.0. The summed E-state index contributed by atoms with van der Waals surface area (Å²) in [5.74, 6) is 0.775. The Kier molecular flexibility index (Phi) is 9.96. The van der Waals surface area contributed by atoms with E-state index in [0.29, 0.717) is 19.6 Å². The molecule has 1 amide bonds. The molecule has 0 saturated carbocycles. The molecular formula is C19H28BrIN4O3. The summed E-state index contributed by atoms with van der Waals surface area (Å²) in [7, 11) is 1.76. The smallest absolute Gasteiger partial charge is 0.226 e. The van der Waals surface area contributed by atoms with Crippen molar-refractivity contribution in [3.63, 3.8) is 0 Å². The van der Waals surface area contributed by atoms with Crippen molar-refractivity contribution in [3.8, 4) is 0 Å². The molecule has 3 rings (SSSR count). The number of aliphatic imine (C=N–C) groups is 1. The first-order chi connectivity index (χ1) is 13.2. The minimum Gasteiger partial charge on any atom is -0.375 e. The van der Waals surface area contributed by atoms with Gasteiger partial charge in [-0.2, -0.15) is 0 Å². The van der Waals surface area contributed by atoms with Crippen LogP contribution in [0.15, 0.2) is 33.7 Å². The summed E-state index contributed by atoms with van der Waals surface area (Å²) in [6.45, 7) is 3.56. The highest BCUT2D eigenvalue weighted by Crippen LogP contribution is 2.21. The molecule has 7 nitrogen and oxygen atoms in total. The highest BCUT2D eigenvalue weighted by molar-refractivity contribution is 14.0. The van der Waals surface area contributed by atoms with E-state index in [2.05, 4.69) is 36.5 Å². The molecule has 28 heavy (non-hydrogen) atoms. The van der Waals surface area contributed by atoms with Crippen LogP contribution < -0.4 is 10.6 Å². The van der Waals surface area contributed by atoms with Crippen LogP contribution in [0.1, 0.15) is 19.3 Å². The second-order valence-electron chi connectivity index (χ2n) is 6.69. The van der Waals surface area contributed by atoms with Gasteiger partial charge in [-0.25, -0.2) is 0 Å². The molecule has 156 valence electrons. The first kappa shape index (κ1) is 23.4. The molecule has 2 unspecified atom stereocenters. The first-order valence-electron chi connectivity index (χ1n) is 9.40. The van der Waals surface area contributed by atoms with Gasteiger partial charge in [0.05, 0.1) is 12.7 Å². The van der Waals surface area contributed by atoms with E-state index in [4.69, 9.17) is 9.47 Å². The Morgan fingerprint density at radius 3 is 2.68 bits per heavy atom. The van der Waals surface area contributed by atoms with E-state index in [1.807, 2.05) is 24.3 Å². The number of benzene rings is 1. The minimum atomic E-state index is -0.0283. The zero-order chi connectivity index (χ0) is 19.1. The van der Waals surface area contributed by atoms with Gasteiger partial charge in [0.25, 0.3) is 0 Å². The Hall–Kier alpha value is -0.910. The lowest BCUT2D eigenvalue weighted by Crippen LogP contribution is -2.53. The Bertz CT molecular complexity index is 653. The SMILES string of the molecule is CN=C(NCCC(=O)Nc1ccc(Br)cc1)N1CCOC(C2CCCO2)C1.I. The highest BCUT2D eigenvalue weighted by Gasteiger charge is 2.32. The van der Waals surface area contributed by atoms with Crippen molar-refractivity contribution in [1.82, 2.24) is 10.2 Å². The third kappa shape index (κ3) is 6.85. The third-order valence-electron chi connectivity index (χ3n) is 4.75. The minimum absolute atomic E-state index is 0. The lowest BCUT2D eigenvalue weighted by Gasteiger charge is -2.37. The molecule has 0 aromatic heterocycles. The van der Waals surface area contributed by atoms with Crippen LogP contribution in [0.2, 0.25) is 0 Å². The Morgan fingerprint density at radius 2 is 2.00 bits per heavy atom. The van der Waals surface area contributed by atoms with Gasteiger partial charge in [0.1, 0.15) is 6.10 Å². The Labute approximate surface area is 191 Å². The van der Waals surface area contributed by atoms with Crippen LogP contribution >= 0.6 is 39.9 Å². The van der Waals surface area contributed by atoms with Gasteiger partial charge in [0.2, 0.25) is 5.91 Å². The summed E-state index contributed by atoms with van der Waals surface area (Å²) in [5, 5.41) is 6.18. The van der Waals surface area contributed by atoms with E-state index in [1.54, 1.807) is 7.05 Å². The number of hydrogen-bond donors (Lipinski definition) is 2. The number of carbonyl (C=O) groups is 1. The van der Waals surface area contributed by atoms with E-state index < -0.39 is 0 Å². The number of morpholine rings is 1.